The summed E-state index contributed by atoms with van der Waals surface area (Å²) in [7, 11) is 3.24. The lowest BCUT2D eigenvalue weighted by Gasteiger charge is -2.24. The molecule has 6 nitrogen and oxygen atoms in total. The van der Waals surface area contributed by atoms with Crippen molar-refractivity contribution in [2.45, 2.75) is 13.0 Å². The van der Waals surface area contributed by atoms with Crippen LogP contribution in [0, 0.1) is 0 Å². The summed E-state index contributed by atoms with van der Waals surface area (Å²) < 4.78 is 15.9. The van der Waals surface area contributed by atoms with Gasteiger partial charge in [-0.3, -0.25) is 4.79 Å². The van der Waals surface area contributed by atoms with Crippen LogP contribution in [0.1, 0.15) is 18.5 Å². The molecule has 1 aliphatic heterocycles. The van der Waals surface area contributed by atoms with Crippen molar-refractivity contribution in [1.82, 2.24) is 5.32 Å². The van der Waals surface area contributed by atoms with Gasteiger partial charge in [0.2, 0.25) is 0 Å². The Morgan fingerprint density at radius 3 is 2.68 bits per heavy atom. The molecule has 6 heteroatoms. The zero-order valence-electron chi connectivity index (χ0n) is 13.5. The van der Waals surface area contributed by atoms with Crippen molar-refractivity contribution in [1.29, 1.82) is 0 Å². The molecule has 0 bridgehead atoms. The molecule has 0 radical (unpaired) electrons. The highest BCUT2D eigenvalue weighted by Crippen LogP contribution is 2.29. The van der Waals surface area contributed by atoms with Crippen LogP contribution in [0.25, 0.3) is 0 Å². The van der Waals surface area contributed by atoms with E-state index < -0.39 is 0 Å². The van der Waals surface area contributed by atoms with Crippen LogP contribution in [0.15, 0.2) is 18.2 Å². The quantitative estimate of drug-likeness (QED) is 0.764. The fourth-order valence-electron chi connectivity index (χ4n) is 2.61. The first-order chi connectivity index (χ1) is 10.6. The van der Waals surface area contributed by atoms with Crippen LogP contribution < -0.4 is 19.7 Å². The fraction of sp³-hybridized carbons (Fsp3) is 0.562. The summed E-state index contributed by atoms with van der Waals surface area (Å²) in [4.78, 5) is 13.5. The number of amides is 1. The number of nitrogens with one attached hydrogen (secondary N) is 2. The van der Waals surface area contributed by atoms with E-state index in [0.717, 1.165) is 43.4 Å². The lowest BCUT2D eigenvalue weighted by Crippen LogP contribution is -3.15. The molecule has 122 valence electrons. The predicted octanol–water partition coefficient (Wildman–Crippen LogP) is -0.204. The summed E-state index contributed by atoms with van der Waals surface area (Å²) in [5, 5.41) is 3.03. The van der Waals surface area contributed by atoms with Crippen molar-refractivity contribution in [3.8, 4) is 11.5 Å². The van der Waals surface area contributed by atoms with Crippen molar-refractivity contribution in [3.63, 3.8) is 0 Å². The third-order valence-electron chi connectivity index (χ3n) is 3.89. The third-order valence-corrected chi connectivity index (χ3v) is 3.89. The van der Waals surface area contributed by atoms with Crippen LogP contribution in [-0.4, -0.2) is 53.0 Å². The Hall–Kier alpha value is -1.79. The number of carbonyl (C=O) groups excluding carboxylic acids is 1. The van der Waals surface area contributed by atoms with Gasteiger partial charge in [-0.1, -0.05) is 0 Å². The van der Waals surface area contributed by atoms with E-state index in [9.17, 15) is 4.79 Å². The molecule has 2 N–H and O–H groups in total. The Bertz CT molecular complexity index is 501. The molecule has 1 aromatic rings. The first kappa shape index (κ1) is 16.6. The van der Waals surface area contributed by atoms with Crippen LogP contribution >= 0.6 is 0 Å². The fourth-order valence-corrected chi connectivity index (χ4v) is 2.61. The van der Waals surface area contributed by atoms with E-state index in [1.54, 1.807) is 14.2 Å². The number of quaternary nitrogens is 1. The molecule has 1 saturated heterocycles. The molecule has 0 unspecified atom stereocenters. The molecule has 0 saturated carbocycles. The van der Waals surface area contributed by atoms with E-state index in [2.05, 4.69) is 5.32 Å². The van der Waals surface area contributed by atoms with Crippen LogP contribution in [0.3, 0.4) is 0 Å². The van der Waals surface area contributed by atoms with Crippen molar-refractivity contribution in [2.75, 3.05) is 47.1 Å². The zero-order valence-corrected chi connectivity index (χ0v) is 13.5. The van der Waals surface area contributed by atoms with E-state index in [1.807, 2.05) is 25.1 Å². The maximum absolute atomic E-state index is 12.2. The number of methoxy groups -OCH3 is 2. The minimum absolute atomic E-state index is 0.0364. The normalized spacial score (nSPS) is 16.9. The summed E-state index contributed by atoms with van der Waals surface area (Å²) >= 11 is 0. The van der Waals surface area contributed by atoms with Crippen LogP contribution in [0.4, 0.5) is 0 Å². The summed E-state index contributed by atoms with van der Waals surface area (Å²) in [5.41, 5.74) is 0.909. The average molecular weight is 309 g/mol. The molecule has 1 aliphatic rings. The molecule has 1 atom stereocenters. The second-order valence-electron chi connectivity index (χ2n) is 5.44. The van der Waals surface area contributed by atoms with E-state index >= 15 is 0 Å². The monoisotopic (exact) mass is 309 g/mol. The molecule has 1 aromatic carbocycles. The van der Waals surface area contributed by atoms with E-state index in [4.69, 9.17) is 14.2 Å². The van der Waals surface area contributed by atoms with E-state index in [-0.39, 0.29) is 11.9 Å². The van der Waals surface area contributed by atoms with Gasteiger partial charge in [0.25, 0.3) is 5.91 Å². The average Bonchev–Trinajstić information content (AvgIpc) is 2.54. The minimum atomic E-state index is -0.141. The number of rotatable bonds is 6. The highest BCUT2D eigenvalue weighted by Gasteiger charge is 2.20. The Morgan fingerprint density at radius 1 is 1.32 bits per heavy atom. The molecule has 0 aromatic heterocycles. The molecule has 22 heavy (non-hydrogen) atoms. The van der Waals surface area contributed by atoms with Crippen LogP contribution in [-0.2, 0) is 9.53 Å². The molecule has 1 amide bonds. The van der Waals surface area contributed by atoms with E-state index in [0.29, 0.717) is 6.54 Å². The molecule has 1 fully saturated rings. The maximum Gasteiger partial charge on any atom is 0.275 e. The molecule has 1 heterocycles. The van der Waals surface area contributed by atoms with Crippen molar-refractivity contribution >= 4 is 5.91 Å². The largest absolute Gasteiger partial charge is 0.497 e. The second kappa shape index (κ2) is 8.00. The van der Waals surface area contributed by atoms with Gasteiger partial charge in [0.15, 0.2) is 6.54 Å². The first-order valence-corrected chi connectivity index (χ1v) is 7.56. The Kier molecular flexibility index (Phi) is 6.03. The molecule has 0 aliphatic carbocycles. The van der Waals surface area contributed by atoms with Gasteiger partial charge in [-0.15, -0.1) is 0 Å². The van der Waals surface area contributed by atoms with Gasteiger partial charge < -0.3 is 24.4 Å². The smallest absolute Gasteiger partial charge is 0.275 e. The summed E-state index contributed by atoms with van der Waals surface area (Å²) in [6.07, 6.45) is 0. The maximum atomic E-state index is 12.2. The molecule has 0 spiro atoms. The standard InChI is InChI=1S/C16H24N2O4/c1-12(14-10-13(20-2)4-5-15(14)21-3)17-16(19)11-18-6-8-22-9-7-18/h4-5,10,12H,6-9,11H2,1-3H3,(H,17,19)/p+1/t12-/m0/s1. The third kappa shape index (κ3) is 4.35. The highest BCUT2D eigenvalue weighted by atomic mass is 16.5. The number of ether oxygens (including phenoxy) is 3. The molecule has 2 rings (SSSR count). The lowest BCUT2D eigenvalue weighted by atomic mass is 10.1. The van der Waals surface area contributed by atoms with Crippen molar-refractivity contribution in [2.24, 2.45) is 0 Å². The number of hydrogen-bond acceptors (Lipinski definition) is 4. The number of benzene rings is 1. The Labute approximate surface area is 131 Å². The van der Waals surface area contributed by atoms with Gasteiger partial charge in [-0.25, -0.2) is 0 Å². The predicted molar refractivity (Wildman–Crippen MR) is 82.5 cm³/mol. The Morgan fingerprint density at radius 2 is 2.05 bits per heavy atom. The summed E-state index contributed by atoms with van der Waals surface area (Å²) in [6, 6.07) is 5.45. The van der Waals surface area contributed by atoms with Crippen molar-refractivity contribution in [3.05, 3.63) is 23.8 Å². The van der Waals surface area contributed by atoms with Gasteiger partial charge in [0, 0.05) is 5.56 Å². The first-order valence-electron chi connectivity index (χ1n) is 7.56. The molecular weight excluding hydrogens is 284 g/mol. The SMILES string of the molecule is COc1ccc(OC)c([C@H](C)NC(=O)C[NH+]2CCOCC2)c1. The minimum Gasteiger partial charge on any atom is -0.497 e. The van der Waals surface area contributed by atoms with Gasteiger partial charge in [-0.05, 0) is 25.1 Å². The number of carbonyl (C=O) groups is 1. The highest BCUT2D eigenvalue weighted by molar-refractivity contribution is 5.77. The lowest BCUT2D eigenvalue weighted by molar-refractivity contribution is -0.900. The number of hydrogen-bond donors (Lipinski definition) is 2. The van der Waals surface area contributed by atoms with Crippen molar-refractivity contribution < 1.29 is 23.9 Å². The van der Waals surface area contributed by atoms with E-state index in [1.165, 1.54) is 4.90 Å². The van der Waals surface area contributed by atoms with Crippen LogP contribution in [0.2, 0.25) is 0 Å². The number of morpholine rings is 1. The van der Waals surface area contributed by atoms with Crippen LogP contribution in [0.5, 0.6) is 11.5 Å². The zero-order chi connectivity index (χ0) is 15.9. The second-order valence-corrected chi connectivity index (χ2v) is 5.44. The molecular formula is C16H25N2O4+. The summed E-state index contributed by atoms with van der Waals surface area (Å²) in [6.45, 7) is 5.63. The Balaban J connectivity index is 1.98. The van der Waals surface area contributed by atoms with Gasteiger partial charge in [0.05, 0.1) is 33.5 Å². The van der Waals surface area contributed by atoms with Gasteiger partial charge in [0.1, 0.15) is 24.6 Å². The summed E-state index contributed by atoms with van der Waals surface area (Å²) in [5.74, 6) is 1.53. The topological polar surface area (TPSA) is 61.2 Å². The van der Waals surface area contributed by atoms with Gasteiger partial charge in [-0.2, -0.15) is 0 Å². The van der Waals surface area contributed by atoms with Gasteiger partial charge >= 0.3 is 0 Å².